The lowest BCUT2D eigenvalue weighted by molar-refractivity contribution is -0.151. The predicted molar refractivity (Wildman–Crippen MR) is 194 cm³/mol. The number of benzene rings is 3. The zero-order chi connectivity index (χ0) is 35.2. The van der Waals surface area contributed by atoms with Gasteiger partial charge in [0.2, 0.25) is 11.8 Å². The Hall–Kier alpha value is -3.87. The van der Waals surface area contributed by atoms with Gasteiger partial charge in [-0.25, -0.2) is 0 Å². The van der Waals surface area contributed by atoms with Gasteiger partial charge in [-0.3, -0.25) is 14.4 Å². The Balaban J connectivity index is 1.15. The Bertz CT molecular complexity index is 1770. The molecule has 11 heteroatoms. The Kier molecular flexibility index (Phi) is 9.46. The van der Waals surface area contributed by atoms with Crippen LogP contribution in [0.25, 0.3) is 0 Å². The molecule has 264 valence electrons. The van der Waals surface area contributed by atoms with Gasteiger partial charge in [-0.05, 0) is 73.8 Å². The Morgan fingerprint density at radius 2 is 1.82 bits per heavy atom. The third-order valence-corrected chi connectivity index (χ3v) is 13.9. The lowest BCUT2D eigenvalue weighted by Gasteiger charge is -2.37. The molecule has 4 aliphatic heterocycles. The van der Waals surface area contributed by atoms with Gasteiger partial charge in [-0.15, -0.1) is 0 Å². The van der Waals surface area contributed by atoms with Gasteiger partial charge in [0.1, 0.15) is 0 Å². The quantitative estimate of drug-likeness (QED) is 0.259. The number of hydrogen-bond donors (Lipinski definition) is 4. The lowest BCUT2D eigenvalue weighted by atomic mass is 9.82. The van der Waals surface area contributed by atoms with Crippen molar-refractivity contribution in [3.05, 3.63) is 95.1 Å². The van der Waals surface area contributed by atoms with E-state index >= 15 is 0 Å². The molecule has 1 unspecified atom stereocenters. The third kappa shape index (κ3) is 6.19. The summed E-state index contributed by atoms with van der Waals surface area (Å²) in [5.74, 6) is -0.865. The van der Waals surface area contributed by atoms with Crippen molar-refractivity contribution in [3.63, 3.8) is 0 Å². The highest BCUT2D eigenvalue weighted by atomic mass is 28.4. The number of carbonyl (C=O) groups excluding carboxylic acids is 3. The zero-order valence-electron chi connectivity index (χ0n) is 29.1. The summed E-state index contributed by atoms with van der Waals surface area (Å²) < 4.78 is 6.92. The van der Waals surface area contributed by atoms with Crippen molar-refractivity contribution in [1.29, 1.82) is 0 Å². The van der Waals surface area contributed by atoms with E-state index in [2.05, 4.69) is 10.6 Å². The fraction of sp³-hybridized carbons (Fsp3) is 0.462. The maximum Gasteiger partial charge on any atom is 0.264 e. The predicted octanol–water partition coefficient (Wildman–Crippen LogP) is 4.31. The first-order valence-electron chi connectivity index (χ1n) is 17.9. The van der Waals surface area contributed by atoms with Crippen molar-refractivity contribution in [1.82, 2.24) is 10.2 Å². The second-order valence-electron chi connectivity index (χ2n) is 15.0. The molecule has 50 heavy (non-hydrogen) atoms. The highest BCUT2D eigenvalue weighted by Gasteiger charge is 2.66. The number of fused-ring (bicyclic) bond motifs is 3. The van der Waals surface area contributed by atoms with E-state index in [0.29, 0.717) is 25.2 Å². The summed E-state index contributed by atoms with van der Waals surface area (Å²) in [6.45, 7) is 7.79. The van der Waals surface area contributed by atoms with E-state index in [0.717, 1.165) is 47.3 Å². The van der Waals surface area contributed by atoms with Crippen molar-refractivity contribution < 1.29 is 29.0 Å². The summed E-state index contributed by atoms with van der Waals surface area (Å²) in [6.07, 6.45) is 1.70. The van der Waals surface area contributed by atoms with Crippen LogP contribution in [0.3, 0.4) is 0 Å². The van der Waals surface area contributed by atoms with Gasteiger partial charge in [-0.1, -0.05) is 61.5 Å². The first kappa shape index (κ1) is 34.6. The number of rotatable bonds is 8. The number of amides is 3. The summed E-state index contributed by atoms with van der Waals surface area (Å²) in [7, 11) is -2.99. The SMILES string of the molecule is C[C@@H]1[C@@H]([Si](C)(C)O)[C@H](CC(=O)N2Cc3ccccc3C[C@H]2CO)O[C@@]12C(=O)N(Cc1cccc(NC(=O)C3CCCNC3)c1)c1ccccc12. The molecule has 3 aromatic carbocycles. The lowest BCUT2D eigenvalue weighted by Crippen LogP contribution is -2.48. The molecule has 2 fully saturated rings. The number of ether oxygens (including phenoxy) is 1. The molecule has 2 saturated heterocycles. The molecule has 1 spiro atoms. The van der Waals surface area contributed by atoms with Crippen LogP contribution in [0.15, 0.2) is 72.8 Å². The average Bonchev–Trinajstić information content (AvgIpc) is 3.54. The average molecular weight is 697 g/mol. The van der Waals surface area contributed by atoms with Crippen LogP contribution in [0.1, 0.15) is 48.4 Å². The van der Waals surface area contributed by atoms with Gasteiger partial charge >= 0.3 is 0 Å². The molecule has 7 rings (SSSR count). The molecule has 4 N–H and O–H groups in total. The molecule has 10 nitrogen and oxygen atoms in total. The maximum atomic E-state index is 14.8. The number of carbonyl (C=O) groups is 3. The zero-order valence-corrected chi connectivity index (χ0v) is 30.1. The van der Waals surface area contributed by atoms with Crippen molar-refractivity contribution in [2.75, 3.05) is 29.9 Å². The smallest absolute Gasteiger partial charge is 0.264 e. The standard InChI is InChI=1S/C39H48N4O6Si/c1-25-36(50(2,3)48)34(20-35(45)42-23-29-12-5-4-11-27(29)19-31(42)24-44)49-39(25)32-15-6-7-16-33(32)43(38(39)47)22-26-10-8-14-30(18-26)41-37(46)28-13-9-17-40-21-28/h4-8,10-12,14-16,18,25,28,31,34,36,40,44,48H,9,13,17,19-24H2,1-3H3,(H,41,46)/t25-,28?,31+,34+,36-,39+/m1/s1. The maximum absolute atomic E-state index is 14.8. The summed E-state index contributed by atoms with van der Waals surface area (Å²) in [6, 6.07) is 22.9. The van der Waals surface area contributed by atoms with Crippen LogP contribution in [-0.2, 0) is 44.2 Å². The molecule has 0 aliphatic carbocycles. The highest BCUT2D eigenvalue weighted by Crippen LogP contribution is 2.59. The Morgan fingerprint density at radius 1 is 1.06 bits per heavy atom. The number of aliphatic hydroxyl groups is 1. The van der Waals surface area contributed by atoms with Gasteiger partial charge in [0.15, 0.2) is 13.9 Å². The second kappa shape index (κ2) is 13.7. The van der Waals surface area contributed by atoms with Gasteiger partial charge < -0.3 is 35.1 Å². The van der Waals surface area contributed by atoms with E-state index in [1.807, 2.05) is 92.8 Å². The van der Waals surface area contributed by atoms with E-state index in [9.17, 15) is 24.3 Å². The van der Waals surface area contributed by atoms with Crippen LogP contribution >= 0.6 is 0 Å². The van der Waals surface area contributed by atoms with Gasteiger partial charge in [0.05, 0.1) is 43.3 Å². The van der Waals surface area contributed by atoms with Crippen LogP contribution < -0.4 is 15.5 Å². The minimum Gasteiger partial charge on any atom is -0.432 e. The number of nitrogens with zero attached hydrogens (tertiary/aromatic N) is 2. The summed E-state index contributed by atoms with van der Waals surface area (Å²) in [5, 5.41) is 16.6. The van der Waals surface area contributed by atoms with Gasteiger partial charge in [-0.2, -0.15) is 0 Å². The molecule has 3 aromatic rings. The van der Waals surface area contributed by atoms with Crippen LogP contribution in [0.5, 0.6) is 0 Å². The number of hydrogen-bond acceptors (Lipinski definition) is 7. The largest absolute Gasteiger partial charge is 0.432 e. The van der Waals surface area contributed by atoms with Crippen LogP contribution in [0, 0.1) is 11.8 Å². The summed E-state index contributed by atoms with van der Waals surface area (Å²) in [4.78, 5) is 57.1. The van der Waals surface area contributed by atoms with Gasteiger partial charge in [0, 0.05) is 35.8 Å². The fourth-order valence-corrected chi connectivity index (χ4v) is 11.5. The van der Waals surface area contributed by atoms with Crippen molar-refractivity contribution in [2.24, 2.45) is 11.8 Å². The van der Waals surface area contributed by atoms with Crippen molar-refractivity contribution in [3.8, 4) is 0 Å². The number of aliphatic hydroxyl groups excluding tert-OH is 1. The topological polar surface area (TPSA) is 131 Å². The third-order valence-electron chi connectivity index (χ3n) is 11.4. The molecular formula is C39H48N4O6Si. The molecule has 0 radical (unpaired) electrons. The van der Waals surface area contributed by atoms with Crippen LogP contribution in [0.2, 0.25) is 18.6 Å². The fourth-order valence-electron chi connectivity index (χ4n) is 8.97. The molecule has 4 heterocycles. The number of nitrogens with one attached hydrogen (secondary N) is 2. The molecule has 4 aliphatic rings. The Labute approximate surface area is 294 Å². The van der Waals surface area contributed by atoms with Crippen molar-refractivity contribution in [2.45, 2.75) is 82.1 Å². The second-order valence-corrected chi connectivity index (χ2v) is 19.0. The number of anilines is 2. The first-order valence-corrected chi connectivity index (χ1v) is 20.9. The molecule has 0 aromatic heterocycles. The van der Waals surface area contributed by atoms with Crippen molar-refractivity contribution >= 4 is 37.4 Å². The number of piperidine rings is 1. The molecular weight excluding hydrogens is 649 g/mol. The molecule has 0 saturated carbocycles. The van der Waals surface area contributed by atoms with E-state index in [1.54, 1.807) is 9.80 Å². The Morgan fingerprint density at radius 3 is 2.56 bits per heavy atom. The first-order chi connectivity index (χ1) is 24.0. The molecule has 0 bridgehead atoms. The molecule has 6 atom stereocenters. The number of para-hydroxylation sites is 1. The normalized spacial score (nSPS) is 27.7. The van der Waals surface area contributed by atoms with E-state index < -0.39 is 31.5 Å². The highest BCUT2D eigenvalue weighted by molar-refractivity contribution is 6.71. The van der Waals surface area contributed by atoms with E-state index in [4.69, 9.17) is 4.74 Å². The minimum absolute atomic E-state index is 0.000117. The van der Waals surface area contributed by atoms with E-state index in [1.165, 1.54) is 0 Å². The monoisotopic (exact) mass is 696 g/mol. The van der Waals surface area contributed by atoms with Crippen LogP contribution in [-0.4, -0.2) is 72.7 Å². The summed E-state index contributed by atoms with van der Waals surface area (Å²) >= 11 is 0. The molecule has 3 amide bonds. The summed E-state index contributed by atoms with van der Waals surface area (Å²) in [5.41, 5.74) is 3.44. The van der Waals surface area contributed by atoms with E-state index in [-0.39, 0.29) is 49.3 Å². The van der Waals surface area contributed by atoms with Gasteiger partial charge in [0.25, 0.3) is 5.91 Å². The van der Waals surface area contributed by atoms with Crippen LogP contribution in [0.4, 0.5) is 11.4 Å². The minimum atomic E-state index is -2.99.